The van der Waals surface area contributed by atoms with Crippen molar-refractivity contribution in [1.29, 1.82) is 0 Å². The standard InChI is InChI=1S/C7H10F2N4O3S/c1-12(7(8)9)17(15,16)6-2-3-13(11-6)4-5(10)14/h2-3,7H,4H2,1H3,(H2,10,14). The number of hydrogen-bond acceptors (Lipinski definition) is 4. The third-order valence-electron chi connectivity index (χ3n) is 1.85. The highest BCUT2D eigenvalue weighted by atomic mass is 32.2. The molecule has 0 atom stereocenters. The summed E-state index contributed by atoms with van der Waals surface area (Å²) in [5.41, 5.74) is 4.87. The predicted molar refractivity (Wildman–Crippen MR) is 52.4 cm³/mol. The Morgan fingerprint density at radius 2 is 2.24 bits per heavy atom. The minimum atomic E-state index is -4.35. The molecule has 0 fully saturated rings. The fourth-order valence-corrected chi connectivity index (χ4v) is 1.93. The number of primary amides is 1. The third-order valence-corrected chi connectivity index (χ3v) is 3.52. The molecule has 1 amide bonds. The van der Waals surface area contributed by atoms with E-state index in [9.17, 15) is 22.0 Å². The topological polar surface area (TPSA) is 98.3 Å². The van der Waals surface area contributed by atoms with Crippen LogP contribution in [0.3, 0.4) is 0 Å². The smallest absolute Gasteiger partial charge is 0.307 e. The highest BCUT2D eigenvalue weighted by Gasteiger charge is 2.29. The number of hydrogen-bond donors (Lipinski definition) is 1. The first-order chi connectivity index (χ1) is 7.75. The molecule has 1 heterocycles. The quantitative estimate of drug-likeness (QED) is 0.707. The summed E-state index contributed by atoms with van der Waals surface area (Å²) in [6, 6.07) is 1.01. The molecular weight excluding hydrogens is 258 g/mol. The van der Waals surface area contributed by atoms with Crippen molar-refractivity contribution in [2.45, 2.75) is 18.1 Å². The van der Waals surface area contributed by atoms with Gasteiger partial charge in [-0.3, -0.25) is 9.48 Å². The zero-order valence-electron chi connectivity index (χ0n) is 8.75. The predicted octanol–water partition coefficient (Wildman–Crippen LogP) is -0.788. The van der Waals surface area contributed by atoms with Gasteiger partial charge in [-0.15, -0.1) is 4.31 Å². The molecule has 0 aliphatic carbocycles. The maximum atomic E-state index is 12.3. The molecule has 0 aliphatic rings. The largest absolute Gasteiger partial charge is 0.368 e. The van der Waals surface area contributed by atoms with Crippen LogP contribution >= 0.6 is 0 Å². The van der Waals surface area contributed by atoms with Gasteiger partial charge in [-0.25, -0.2) is 8.42 Å². The average Bonchev–Trinajstić information content (AvgIpc) is 2.64. The molecule has 0 bridgehead atoms. The van der Waals surface area contributed by atoms with Crippen LogP contribution in [0.4, 0.5) is 8.78 Å². The molecule has 1 aromatic rings. The Labute approximate surface area is 95.9 Å². The molecule has 0 spiro atoms. The number of nitrogens with zero attached hydrogens (tertiary/aromatic N) is 3. The molecule has 7 nitrogen and oxygen atoms in total. The van der Waals surface area contributed by atoms with E-state index in [0.717, 1.165) is 24.0 Å². The zero-order valence-corrected chi connectivity index (χ0v) is 9.56. The van der Waals surface area contributed by atoms with Crippen LogP contribution in [0.25, 0.3) is 0 Å². The van der Waals surface area contributed by atoms with Crippen molar-refractivity contribution in [3.05, 3.63) is 12.3 Å². The van der Waals surface area contributed by atoms with E-state index in [-0.39, 0.29) is 10.8 Å². The number of halogens is 2. The Hall–Kier alpha value is -1.55. The Morgan fingerprint density at radius 1 is 1.65 bits per heavy atom. The first-order valence-corrected chi connectivity index (χ1v) is 5.77. The van der Waals surface area contributed by atoms with Crippen molar-refractivity contribution < 1.29 is 22.0 Å². The molecule has 0 aliphatic heterocycles. The Kier molecular flexibility index (Phi) is 3.78. The van der Waals surface area contributed by atoms with E-state index in [1.54, 1.807) is 0 Å². The Bertz CT molecular complexity index is 513. The van der Waals surface area contributed by atoms with Gasteiger partial charge in [0.2, 0.25) is 5.91 Å². The molecule has 2 N–H and O–H groups in total. The van der Waals surface area contributed by atoms with Gasteiger partial charge in [0.25, 0.3) is 10.0 Å². The minimum absolute atomic E-state index is 0.121. The molecule has 1 aromatic heterocycles. The normalized spacial score (nSPS) is 12.3. The van der Waals surface area contributed by atoms with Crippen LogP contribution in [-0.4, -0.2) is 42.0 Å². The van der Waals surface area contributed by atoms with E-state index in [1.807, 2.05) is 0 Å². The lowest BCUT2D eigenvalue weighted by atomic mass is 10.6. The molecular formula is C7H10F2N4O3S. The monoisotopic (exact) mass is 268 g/mol. The van der Waals surface area contributed by atoms with Crippen LogP contribution in [0.2, 0.25) is 0 Å². The van der Waals surface area contributed by atoms with Gasteiger partial charge in [-0.05, 0) is 6.07 Å². The van der Waals surface area contributed by atoms with E-state index in [4.69, 9.17) is 5.73 Å². The van der Waals surface area contributed by atoms with Crippen molar-refractivity contribution in [2.24, 2.45) is 5.73 Å². The maximum absolute atomic E-state index is 12.3. The van der Waals surface area contributed by atoms with Gasteiger partial charge < -0.3 is 5.73 Å². The molecule has 1 rings (SSSR count). The van der Waals surface area contributed by atoms with Gasteiger partial charge in [-0.1, -0.05) is 0 Å². The second-order valence-electron chi connectivity index (χ2n) is 3.12. The SMILES string of the molecule is CN(C(F)F)S(=O)(=O)c1ccn(CC(N)=O)n1. The van der Waals surface area contributed by atoms with Gasteiger partial charge in [-0.2, -0.15) is 13.9 Å². The van der Waals surface area contributed by atoms with Crippen LogP contribution in [0.15, 0.2) is 17.3 Å². The fraction of sp³-hybridized carbons (Fsp3) is 0.429. The van der Waals surface area contributed by atoms with E-state index in [1.165, 1.54) is 0 Å². The third kappa shape index (κ3) is 2.97. The van der Waals surface area contributed by atoms with Crippen molar-refractivity contribution in [2.75, 3.05) is 7.05 Å². The number of nitrogens with two attached hydrogens (primary N) is 1. The summed E-state index contributed by atoms with van der Waals surface area (Å²) < 4.78 is 48.4. The second kappa shape index (κ2) is 4.75. The van der Waals surface area contributed by atoms with E-state index in [0.29, 0.717) is 0 Å². The molecule has 0 saturated heterocycles. The molecule has 0 saturated carbocycles. The average molecular weight is 268 g/mol. The fourth-order valence-electron chi connectivity index (χ4n) is 0.981. The highest BCUT2D eigenvalue weighted by Crippen LogP contribution is 2.15. The summed E-state index contributed by atoms with van der Waals surface area (Å²) in [6.45, 7) is -3.49. The number of amides is 1. The lowest BCUT2D eigenvalue weighted by Crippen LogP contribution is -2.32. The number of aromatic nitrogens is 2. The summed E-state index contributed by atoms with van der Waals surface area (Å²) in [5.74, 6) is -0.723. The van der Waals surface area contributed by atoms with E-state index in [2.05, 4.69) is 5.10 Å². The van der Waals surface area contributed by atoms with E-state index < -0.39 is 27.5 Å². The van der Waals surface area contributed by atoms with Crippen molar-refractivity contribution in [3.63, 3.8) is 0 Å². The van der Waals surface area contributed by atoms with Gasteiger partial charge in [0.1, 0.15) is 6.54 Å². The van der Waals surface area contributed by atoms with E-state index >= 15 is 0 Å². The number of carbonyl (C=O) groups excluding carboxylic acids is 1. The lowest BCUT2D eigenvalue weighted by Gasteiger charge is -2.13. The van der Waals surface area contributed by atoms with Gasteiger partial charge in [0.05, 0.1) is 0 Å². The molecule has 96 valence electrons. The first kappa shape index (κ1) is 13.5. The molecule has 17 heavy (non-hydrogen) atoms. The van der Waals surface area contributed by atoms with Crippen molar-refractivity contribution in [3.8, 4) is 0 Å². The number of carbonyl (C=O) groups is 1. The number of alkyl halides is 2. The Balaban J connectivity index is 3.01. The molecule has 10 heteroatoms. The van der Waals surface area contributed by atoms with Crippen LogP contribution in [0.1, 0.15) is 0 Å². The molecule has 0 radical (unpaired) electrons. The van der Waals surface area contributed by atoms with Crippen LogP contribution in [0.5, 0.6) is 0 Å². The summed E-state index contributed by atoms with van der Waals surface area (Å²) in [7, 11) is -3.62. The van der Waals surface area contributed by atoms with Gasteiger partial charge in [0.15, 0.2) is 5.03 Å². The van der Waals surface area contributed by atoms with Gasteiger partial charge >= 0.3 is 6.55 Å². The summed E-state index contributed by atoms with van der Waals surface area (Å²) >= 11 is 0. The maximum Gasteiger partial charge on any atom is 0.307 e. The zero-order chi connectivity index (χ0) is 13.2. The van der Waals surface area contributed by atoms with Crippen LogP contribution in [-0.2, 0) is 21.4 Å². The van der Waals surface area contributed by atoms with Gasteiger partial charge in [0, 0.05) is 13.2 Å². The second-order valence-corrected chi connectivity index (χ2v) is 5.06. The minimum Gasteiger partial charge on any atom is -0.368 e. The van der Waals surface area contributed by atoms with Crippen molar-refractivity contribution in [1.82, 2.24) is 14.1 Å². The number of sulfonamides is 1. The van der Waals surface area contributed by atoms with Crippen molar-refractivity contribution >= 4 is 15.9 Å². The van der Waals surface area contributed by atoms with Crippen LogP contribution < -0.4 is 5.73 Å². The summed E-state index contributed by atoms with van der Waals surface area (Å²) in [5, 5.41) is 2.91. The summed E-state index contributed by atoms with van der Waals surface area (Å²) in [6.07, 6.45) is 1.16. The van der Waals surface area contributed by atoms with Crippen LogP contribution in [0, 0.1) is 0 Å². The lowest BCUT2D eigenvalue weighted by molar-refractivity contribution is -0.118. The number of rotatable bonds is 5. The molecule has 0 aromatic carbocycles. The highest BCUT2D eigenvalue weighted by molar-refractivity contribution is 7.89. The summed E-state index contributed by atoms with van der Waals surface area (Å²) in [4.78, 5) is 10.6. The Morgan fingerprint density at radius 3 is 2.71 bits per heavy atom. The first-order valence-electron chi connectivity index (χ1n) is 4.33. The molecule has 0 unspecified atom stereocenters.